The van der Waals surface area contributed by atoms with E-state index in [4.69, 9.17) is 0 Å². The molecule has 0 spiro atoms. The van der Waals surface area contributed by atoms with Crippen LogP contribution in [0.1, 0.15) is 29.8 Å². The molecular formula is C15H16F3N3. The van der Waals surface area contributed by atoms with E-state index in [0.717, 1.165) is 36.0 Å². The number of hydrogen-bond donors (Lipinski definition) is 1. The summed E-state index contributed by atoms with van der Waals surface area (Å²) < 4.78 is 40.3. The summed E-state index contributed by atoms with van der Waals surface area (Å²) in [5.41, 5.74) is 2.69. The highest BCUT2D eigenvalue weighted by Gasteiger charge is 2.31. The van der Waals surface area contributed by atoms with Gasteiger partial charge in [0, 0.05) is 24.2 Å². The van der Waals surface area contributed by atoms with Crippen LogP contribution in [0.5, 0.6) is 0 Å². The number of aromatic nitrogens is 2. The lowest BCUT2D eigenvalue weighted by atomic mass is 9.96. The van der Waals surface area contributed by atoms with E-state index in [2.05, 4.69) is 10.4 Å². The highest BCUT2D eigenvalue weighted by atomic mass is 19.4. The van der Waals surface area contributed by atoms with Crippen molar-refractivity contribution >= 4 is 0 Å². The summed E-state index contributed by atoms with van der Waals surface area (Å²) in [5, 5.41) is 7.78. The Kier molecular flexibility index (Phi) is 3.28. The smallest absolute Gasteiger partial charge is 0.308 e. The summed E-state index contributed by atoms with van der Waals surface area (Å²) in [4.78, 5) is 0. The van der Waals surface area contributed by atoms with E-state index in [1.165, 1.54) is 12.1 Å². The van der Waals surface area contributed by atoms with Gasteiger partial charge in [-0.3, -0.25) is 4.68 Å². The standard InChI is InChI=1S/C15H16F3N3/c1-9-13-12(6-7-19-9)14(21(2)20-13)10-4-3-5-11(8-10)15(16,17)18/h3-5,8-9,19H,6-7H2,1-2H3/t9-/m0/s1. The molecule has 0 radical (unpaired) electrons. The van der Waals surface area contributed by atoms with Gasteiger partial charge in [-0.2, -0.15) is 18.3 Å². The van der Waals surface area contributed by atoms with E-state index < -0.39 is 11.7 Å². The Morgan fingerprint density at radius 2 is 2.10 bits per heavy atom. The number of nitrogens with zero attached hydrogens (tertiary/aromatic N) is 2. The van der Waals surface area contributed by atoms with Crippen molar-refractivity contribution in [3.63, 3.8) is 0 Å². The van der Waals surface area contributed by atoms with Crippen molar-refractivity contribution < 1.29 is 13.2 Å². The van der Waals surface area contributed by atoms with Gasteiger partial charge in [-0.15, -0.1) is 0 Å². The monoisotopic (exact) mass is 295 g/mol. The minimum absolute atomic E-state index is 0.125. The summed E-state index contributed by atoms with van der Waals surface area (Å²) in [6, 6.07) is 5.57. The first-order valence-corrected chi connectivity index (χ1v) is 6.84. The van der Waals surface area contributed by atoms with Crippen LogP contribution in [0.2, 0.25) is 0 Å². The minimum atomic E-state index is -4.33. The van der Waals surface area contributed by atoms with Gasteiger partial charge < -0.3 is 5.32 Å². The molecule has 0 bridgehead atoms. The second kappa shape index (κ2) is 4.87. The Hall–Kier alpha value is -1.82. The van der Waals surface area contributed by atoms with Crippen LogP contribution < -0.4 is 5.32 Å². The van der Waals surface area contributed by atoms with Gasteiger partial charge >= 0.3 is 6.18 Å². The molecule has 1 N–H and O–H groups in total. The summed E-state index contributed by atoms with van der Waals surface area (Å²) in [6.45, 7) is 2.83. The average molecular weight is 295 g/mol. The van der Waals surface area contributed by atoms with E-state index in [9.17, 15) is 13.2 Å². The lowest BCUT2D eigenvalue weighted by Crippen LogP contribution is -2.27. The summed E-state index contributed by atoms with van der Waals surface area (Å²) >= 11 is 0. The third kappa shape index (κ3) is 2.44. The summed E-state index contributed by atoms with van der Waals surface area (Å²) in [5.74, 6) is 0. The largest absolute Gasteiger partial charge is 0.416 e. The van der Waals surface area contributed by atoms with Crippen LogP contribution in [0, 0.1) is 0 Å². The van der Waals surface area contributed by atoms with Gasteiger partial charge in [-0.05, 0) is 32.0 Å². The van der Waals surface area contributed by atoms with Crippen molar-refractivity contribution in [1.29, 1.82) is 0 Å². The minimum Gasteiger partial charge on any atom is -0.308 e. The molecular weight excluding hydrogens is 279 g/mol. The molecule has 21 heavy (non-hydrogen) atoms. The fraction of sp³-hybridized carbons (Fsp3) is 0.400. The molecule has 3 nitrogen and oxygen atoms in total. The first-order valence-electron chi connectivity index (χ1n) is 6.84. The van der Waals surface area contributed by atoms with Crippen LogP contribution in [-0.2, 0) is 19.6 Å². The van der Waals surface area contributed by atoms with Crippen molar-refractivity contribution in [1.82, 2.24) is 15.1 Å². The number of nitrogens with one attached hydrogen (secondary N) is 1. The number of rotatable bonds is 1. The quantitative estimate of drug-likeness (QED) is 0.874. The third-order valence-electron chi connectivity index (χ3n) is 3.88. The maximum absolute atomic E-state index is 12.9. The number of benzene rings is 1. The molecule has 1 aromatic heterocycles. The molecule has 6 heteroatoms. The molecule has 1 aliphatic heterocycles. The van der Waals surface area contributed by atoms with Crippen molar-refractivity contribution in [3.05, 3.63) is 41.1 Å². The molecule has 0 fully saturated rings. The van der Waals surface area contributed by atoms with Gasteiger partial charge in [0.1, 0.15) is 0 Å². The maximum atomic E-state index is 12.9. The Morgan fingerprint density at radius 3 is 2.81 bits per heavy atom. The second-order valence-electron chi connectivity index (χ2n) is 5.34. The average Bonchev–Trinajstić information content (AvgIpc) is 2.76. The zero-order valence-electron chi connectivity index (χ0n) is 11.8. The predicted octanol–water partition coefficient (Wildman–Crippen LogP) is 3.31. The van der Waals surface area contributed by atoms with Gasteiger partial charge in [0.2, 0.25) is 0 Å². The molecule has 0 saturated heterocycles. The number of aryl methyl sites for hydroxylation is 1. The second-order valence-corrected chi connectivity index (χ2v) is 5.34. The predicted molar refractivity (Wildman–Crippen MR) is 73.8 cm³/mol. The molecule has 0 amide bonds. The molecule has 0 saturated carbocycles. The topological polar surface area (TPSA) is 29.9 Å². The van der Waals surface area contributed by atoms with Gasteiger partial charge in [0.15, 0.2) is 0 Å². The van der Waals surface area contributed by atoms with E-state index in [0.29, 0.717) is 5.56 Å². The lowest BCUT2D eigenvalue weighted by Gasteiger charge is -2.19. The van der Waals surface area contributed by atoms with Crippen LogP contribution in [-0.4, -0.2) is 16.3 Å². The zero-order valence-corrected chi connectivity index (χ0v) is 11.8. The Labute approximate surface area is 120 Å². The first-order chi connectivity index (χ1) is 9.88. The summed E-state index contributed by atoms with van der Waals surface area (Å²) in [6.07, 6.45) is -3.55. The fourth-order valence-electron chi connectivity index (χ4n) is 2.90. The van der Waals surface area contributed by atoms with Crippen molar-refractivity contribution in [2.45, 2.75) is 25.6 Å². The van der Waals surface area contributed by atoms with Crippen LogP contribution in [0.15, 0.2) is 24.3 Å². The molecule has 3 rings (SSSR count). The normalized spacial score (nSPS) is 18.6. The zero-order chi connectivity index (χ0) is 15.2. The van der Waals surface area contributed by atoms with Gasteiger partial charge in [-0.1, -0.05) is 12.1 Å². The highest BCUT2D eigenvalue weighted by Crippen LogP contribution is 2.35. The molecule has 0 aliphatic carbocycles. The van der Waals surface area contributed by atoms with E-state index in [-0.39, 0.29) is 6.04 Å². The number of hydrogen-bond acceptors (Lipinski definition) is 2. The molecule has 2 aromatic rings. The van der Waals surface area contributed by atoms with Crippen molar-refractivity contribution in [2.75, 3.05) is 6.54 Å². The molecule has 112 valence electrons. The Bertz CT molecular complexity index is 673. The molecule has 1 aliphatic rings. The maximum Gasteiger partial charge on any atom is 0.416 e. The van der Waals surface area contributed by atoms with Gasteiger partial charge in [-0.25, -0.2) is 0 Å². The Morgan fingerprint density at radius 1 is 1.33 bits per heavy atom. The highest BCUT2D eigenvalue weighted by molar-refractivity contribution is 5.66. The van der Waals surface area contributed by atoms with E-state index in [1.54, 1.807) is 17.8 Å². The SMILES string of the molecule is C[C@@H]1NCCc2c1nn(C)c2-c1cccc(C(F)(F)F)c1. The number of halogens is 3. The number of fused-ring (bicyclic) bond motifs is 1. The van der Waals surface area contributed by atoms with Gasteiger partial charge in [0.05, 0.1) is 17.0 Å². The molecule has 1 atom stereocenters. The van der Waals surface area contributed by atoms with Crippen LogP contribution in [0.25, 0.3) is 11.3 Å². The van der Waals surface area contributed by atoms with Gasteiger partial charge in [0.25, 0.3) is 0 Å². The molecule has 2 heterocycles. The Balaban J connectivity index is 2.13. The van der Waals surface area contributed by atoms with Crippen molar-refractivity contribution in [2.24, 2.45) is 7.05 Å². The summed E-state index contributed by atoms with van der Waals surface area (Å²) in [7, 11) is 1.78. The number of alkyl halides is 3. The third-order valence-corrected chi connectivity index (χ3v) is 3.88. The van der Waals surface area contributed by atoms with Crippen LogP contribution >= 0.6 is 0 Å². The molecule has 0 unspecified atom stereocenters. The van der Waals surface area contributed by atoms with E-state index >= 15 is 0 Å². The first kappa shape index (κ1) is 14.1. The van der Waals surface area contributed by atoms with Crippen LogP contribution in [0.3, 0.4) is 0 Å². The van der Waals surface area contributed by atoms with E-state index in [1.807, 2.05) is 6.92 Å². The molecule has 1 aromatic carbocycles. The fourth-order valence-corrected chi connectivity index (χ4v) is 2.90. The van der Waals surface area contributed by atoms with Crippen molar-refractivity contribution in [3.8, 4) is 11.3 Å². The van der Waals surface area contributed by atoms with Crippen LogP contribution in [0.4, 0.5) is 13.2 Å². The lowest BCUT2D eigenvalue weighted by molar-refractivity contribution is -0.137.